The Labute approximate surface area is 187 Å². The SMILES string of the molecule is CCCNC(=O)c1cc2c(nc1C(=O)Nc1c(CC)ccc(Cl)c1CC)S(=O)(=O)CC2. The van der Waals surface area contributed by atoms with Gasteiger partial charge in [0.25, 0.3) is 11.8 Å². The summed E-state index contributed by atoms with van der Waals surface area (Å²) in [7, 11) is -3.57. The number of halogens is 1. The van der Waals surface area contributed by atoms with Crippen molar-refractivity contribution in [3.63, 3.8) is 0 Å². The predicted molar refractivity (Wildman–Crippen MR) is 121 cm³/mol. The minimum Gasteiger partial charge on any atom is -0.352 e. The van der Waals surface area contributed by atoms with Crippen LogP contribution in [-0.2, 0) is 29.1 Å². The van der Waals surface area contributed by atoms with Crippen LogP contribution in [0.3, 0.4) is 0 Å². The molecule has 2 N–H and O–H groups in total. The Hall–Kier alpha value is -2.45. The van der Waals surface area contributed by atoms with Crippen LogP contribution in [0.15, 0.2) is 23.2 Å². The summed E-state index contributed by atoms with van der Waals surface area (Å²) in [6.07, 6.45) is 2.25. The molecule has 0 bridgehead atoms. The van der Waals surface area contributed by atoms with Gasteiger partial charge in [0.2, 0.25) is 0 Å². The molecule has 0 atom stereocenters. The van der Waals surface area contributed by atoms with Crippen molar-refractivity contribution >= 4 is 38.9 Å². The van der Waals surface area contributed by atoms with E-state index in [1.54, 1.807) is 6.07 Å². The van der Waals surface area contributed by atoms with Crippen LogP contribution in [-0.4, -0.2) is 37.5 Å². The van der Waals surface area contributed by atoms with Crippen LogP contribution in [0.1, 0.15) is 64.7 Å². The molecule has 0 spiro atoms. The average Bonchev–Trinajstić information content (AvgIpc) is 3.05. The van der Waals surface area contributed by atoms with Gasteiger partial charge in [0.05, 0.1) is 11.3 Å². The van der Waals surface area contributed by atoms with Gasteiger partial charge in [-0.3, -0.25) is 9.59 Å². The van der Waals surface area contributed by atoms with Gasteiger partial charge in [-0.25, -0.2) is 13.4 Å². The third kappa shape index (κ3) is 4.60. The van der Waals surface area contributed by atoms with E-state index in [0.29, 0.717) is 35.7 Å². The van der Waals surface area contributed by atoms with Gasteiger partial charge in [0, 0.05) is 17.3 Å². The molecule has 2 amide bonds. The highest BCUT2D eigenvalue weighted by Crippen LogP contribution is 2.31. The van der Waals surface area contributed by atoms with Gasteiger partial charge in [-0.15, -0.1) is 0 Å². The molecule has 0 unspecified atom stereocenters. The number of nitrogens with zero attached hydrogens (tertiary/aromatic N) is 1. The van der Waals surface area contributed by atoms with Crippen molar-refractivity contribution in [2.24, 2.45) is 0 Å². The maximum absolute atomic E-state index is 13.3. The van der Waals surface area contributed by atoms with Crippen molar-refractivity contribution in [1.29, 1.82) is 0 Å². The molecule has 2 aromatic rings. The van der Waals surface area contributed by atoms with Crippen molar-refractivity contribution < 1.29 is 18.0 Å². The van der Waals surface area contributed by atoms with Crippen LogP contribution < -0.4 is 10.6 Å². The number of anilines is 1. The Kier molecular flexibility index (Phi) is 7.01. The van der Waals surface area contributed by atoms with E-state index in [4.69, 9.17) is 11.6 Å². The lowest BCUT2D eigenvalue weighted by molar-refractivity contribution is 0.0938. The Morgan fingerprint density at radius 3 is 2.52 bits per heavy atom. The molecule has 0 aliphatic carbocycles. The second kappa shape index (κ2) is 9.36. The Bertz CT molecular complexity index is 1150. The summed E-state index contributed by atoms with van der Waals surface area (Å²) in [4.78, 5) is 30.2. The quantitative estimate of drug-likeness (QED) is 0.652. The summed E-state index contributed by atoms with van der Waals surface area (Å²) in [6, 6.07) is 5.11. The molecule has 1 aliphatic heterocycles. The van der Waals surface area contributed by atoms with Crippen LogP contribution in [0, 0.1) is 0 Å². The van der Waals surface area contributed by atoms with Crippen LogP contribution in [0.2, 0.25) is 5.02 Å². The van der Waals surface area contributed by atoms with E-state index in [9.17, 15) is 18.0 Å². The van der Waals surface area contributed by atoms with Crippen molar-refractivity contribution in [3.05, 3.63) is 51.2 Å². The van der Waals surface area contributed by atoms with E-state index < -0.39 is 21.7 Å². The van der Waals surface area contributed by atoms with Gasteiger partial charge in [-0.1, -0.05) is 38.4 Å². The average molecular weight is 464 g/mol. The molecule has 31 heavy (non-hydrogen) atoms. The van der Waals surface area contributed by atoms with Gasteiger partial charge in [0.1, 0.15) is 5.69 Å². The van der Waals surface area contributed by atoms with Crippen molar-refractivity contribution in [2.75, 3.05) is 17.6 Å². The van der Waals surface area contributed by atoms with E-state index in [-0.39, 0.29) is 28.5 Å². The molecule has 7 nitrogen and oxygen atoms in total. The lowest BCUT2D eigenvalue weighted by atomic mass is 10.0. The maximum atomic E-state index is 13.3. The number of carbonyl (C=O) groups excluding carboxylic acids is 2. The van der Waals surface area contributed by atoms with Gasteiger partial charge in [-0.2, -0.15) is 0 Å². The molecule has 1 aromatic carbocycles. The number of fused-ring (bicyclic) bond motifs is 1. The number of aryl methyl sites for hydroxylation is 2. The number of carbonyl (C=O) groups is 2. The molecule has 0 radical (unpaired) electrons. The Morgan fingerprint density at radius 1 is 1.13 bits per heavy atom. The number of benzene rings is 1. The predicted octanol–water partition coefficient (Wildman–Crippen LogP) is 3.58. The number of nitrogens with one attached hydrogen (secondary N) is 2. The third-order valence-corrected chi connectivity index (χ3v) is 7.35. The number of rotatable bonds is 7. The van der Waals surface area contributed by atoms with Crippen molar-refractivity contribution in [2.45, 2.75) is 51.5 Å². The highest BCUT2D eigenvalue weighted by atomic mass is 35.5. The molecule has 3 rings (SSSR count). The molecule has 2 heterocycles. The number of sulfone groups is 1. The third-order valence-electron chi connectivity index (χ3n) is 5.31. The smallest absolute Gasteiger partial charge is 0.275 e. The molecular weight excluding hydrogens is 438 g/mol. The zero-order valence-electron chi connectivity index (χ0n) is 17.8. The van der Waals surface area contributed by atoms with Crippen LogP contribution in [0.4, 0.5) is 5.69 Å². The van der Waals surface area contributed by atoms with Crippen molar-refractivity contribution in [1.82, 2.24) is 10.3 Å². The lowest BCUT2D eigenvalue weighted by Crippen LogP contribution is -2.29. The van der Waals surface area contributed by atoms with Gasteiger partial charge < -0.3 is 10.6 Å². The summed E-state index contributed by atoms with van der Waals surface area (Å²) in [5, 5.41) is 6.00. The molecule has 1 aliphatic rings. The van der Waals surface area contributed by atoms with E-state index in [1.165, 1.54) is 6.07 Å². The zero-order valence-corrected chi connectivity index (χ0v) is 19.4. The van der Waals surface area contributed by atoms with Crippen LogP contribution >= 0.6 is 11.6 Å². The normalized spacial score (nSPS) is 14.2. The zero-order chi connectivity index (χ0) is 22.8. The molecule has 0 saturated carbocycles. The number of pyridine rings is 1. The molecule has 9 heteroatoms. The van der Waals surface area contributed by atoms with E-state index in [1.807, 2.05) is 26.8 Å². The monoisotopic (exact) mass is 463 g/mol. The van der Waals surface area contributed by atoms with E-state index in [0.717, 1.165) is 17.5 Å². The van der Waals surface area contributed by atoms with Crippen LogP contribution in [0.5, 0.6) is 0 Å². The first kappa shape index (κ1) is 23.2. The van der Waals surface area contributed by atoms with Gasteiger partial charge in [0.15, 0.2) is 14.9 Å². The Morgan fingerprint density at radius 2 is 1.87 bits per heavy atom. The number of hydrogen-bond donors (Lipinski definition) is 2. The maximum Gasteiger partial charge on any atom is 0.275 e. The summed E-state index contributed by atoms with van der Waals surface area (Å²) in [5.74, 6) is -1.17. The summed E-state index contributed by atoms with van der Waals surface area (Å²) in [6.45, 7) is 6.24. The fourth-order valence-electron chi connectivity index (χ4n) is 3.65. The first-order valence-electron chi connectivity index (χ1n) is 10.4. The minimum absolute atomic E-state index is 0.0694. The first-order chi connectivity index (χ1) is 14.7. The first-order valence-corrected chi connectivity index (χ1v) is 12.4. The Balaban J connectivity index is 2.10. The largest absolute Gasteiger partial charge is 0.352 e. The standard InChI is InChI=1S/C22H26ClN3O4S/c1-4-10-24-20(27)16-12-14-9-11-31(29,30)22(14)26-19(16)21(28)25-18-13(5-2)7-8-17(23)15(18)6-3/h7-8,12H,4-6,9-11H2,1-3H3,(H,24,27)(H,25,28). The second-order valence-electron chi connectivity index (χ2n) is 7.39. The summed E-state index contributed by atoms with van der Waals surface area (Å²) >= 11 is 6.33. The molecule has 166 valence electrons. The topological polar surface area (TPSA) is 105 Å². The highest BCUT2D eigenvalue weighted by Gasteiger charge is 2.32. The highest BCUT2D eigenvalue weighted by molar-refractivity contribution is 7.91. The number of aromatic nitrogens is 1. The fraction of sp³-hybridized carbons (Fsp3) is 0.409. The summed E-state index contributed by atoms with van der Waals surface area (Å²) in [5.41, 5.74) is 2.57. The fourth-order valence-corrected chi connectivity index (χ4v) is 5.41. The summed E-state index contributed by atoms with van der Waals surface area (Å²) < 4.78 is 24.7. The molecular formula is C22H26ClN3O4S. The lowest BCUT2D eigenvalue weighted by Gasteiger charge is -2.17. The molecule has 1 aromatic heterocycles. The second-order valence-corrected chi connectivity index (χ2v) is 9.83. The number of amides is 2. The van der Waals surface area contributed by atoms with Crippen molar-refractivity contribution in [3.8, 4) is 0 Å². The molecule has 0 saturated heterocycles. The van der Waals surface area contributed by atoms with E-state index in [2.05, 4.69) is 15.6 Å². The van der Waals surface area contributed by atoms with Crippen LogP contribution in [0.25, 0.3) is 0 Å². The van der Waals surface area contributed by atoms with Gasteiger partial charge >= 0.3 is 0 Å². The van der Waals surface area contributed by atoms with E-state index >= 15 is 0 Å². The minimum atomic E-state index is -3.57. The number of hydrogen-bond acceptors (Lipinski definition) is 5. The van der Waals surface area contributed by atoms with Gasteiger partial charge in [-0.05, 0) is 54.5 Å². The molecule has 0 fully saturated rings.